The summed E-state index contributed by atoms with van der Waals surface area (Å²) >= 11 is 5.78. The number of halogens is 2. The van der Waals surface area contributed by atoms with Crippen molar-refractivity contribution in [3.05, 3.63) is 89.2 Å². The second-order valence-corrected chi connectivity index (χ2v) is 9.01. The van der Waals surface area contributed by atoms with Crippen LogP contribution in [0.1, 0.15) is 12.5 Å². The van der Waals surface area contributed by atoms with Crippen molar-refractivity contribution < 1.29 is 22.3 Å². The Bertz CT molecular complexity index is 1170. The standard InChI is InChI=1S/C23H22ClFN2O4S/c1-2-31-18-9-11-19(12-10-18)32(29,30)27-22(14-16-6-4-3-5-7-16)23(28)26-17-8-13-21(25)20(24)15-17/h3-13,15,22,27H,2,14H2,1H3,(H,26,28)/t22-/m1/s1. The van der Waals surface area contributed by atoms with Crippen molar-refractivity contribution in [1.82, 2.24) is 4.72 Å². The number of rotatable bonds is 9. The second-order valence-electron chi connectivity index (χ2n) is 6.89. The van der Waals surface area contributed by atoms with Gasteiger partial charge in [-0.2, -0.15) is 4.72 Å². The molecule has 0 aliphatic rings. The molecule has 0 aliphatic carbocycles. The summed E-state index contributed by atoms with van der Waals surface area (Å²) in [5, 5.41) is 2.44. The average molecular weight is 477 g/mol. The van der Waals surface area contributed by atoms with Crippen LogP contribution in [0.3, 0.4) is 0 Å². The van der Waals surface area contributed by atoms with Gasteiger partial charge < -0.3 is 10.1 Å². The lowest BCUT2D eigenvalue weighted by atomic mass is 10.1. The zero-order valence-corrected chi connectivity index (χ0v) is 18.8. The van der Waals surface area contributed by atoms with Gasteiger partial charge in [0.05, 0.1) is 16.5 Å². The van der Waals surface area contributed by atoms with E-state index >= 15 is 0 Å². The van der Waals surface area contributed by atoms with E-state index in [-0.39, 0.29) is 22.0 Å². The SMILES string of the molecule is CCOc1ccc(S(=O)(=O)N[C@H](Cc2ccccc2)C(=O)Nc2ccc(F)c(Cl)c2)cc1. The van der Waals surface area contributed by atoms with Gasteiger partial charge in [-0.3, -0.25) is 4.79 Å². The van der Waals surface area contributed by atoms with Gasteiger partial charge in [-0.1, -0.05) is 41.9 Å². The summed E-state index contributed by atoms with van der Waals surface area (Å²) < 4.78 is 47.1. The van der Waals surface area contributed by atoms with Crippen molar-refractivity contribution in [2.45, 2.75) is 24.3 Å². The van der Waals surface area contributed by atoms with E-state index < -0.39 is 27.8 Å². The minimum absolute atomic E-state index is 0.00311. The van der Waals surface area contributed by atoms with E-state index in [4.69, 9.17) is 16.3 Å². The first-order valence-corrected chi connectivity index (χ1v) is 11.7. The first-order valence-electron chi connectivity index (χ1n) is 9.83. The number of carbonyl (C=O) groups is 1. The molecular formula is C23H22ClFN2O4S. The average Bonchev–Trinajstić information content (AvgIpc) is 2.77. The number of benzene rings is 3. The molecule has 1 atom stereocenters. The molecule has 3 rings (SSSR count). The maximum absolute atomic E-state index is 13.4. The summed E-state index contributed by atoms with van der Waals surface area (Å²) in [5.74, 6) is -0.689. The van der Waals surface area contributed by atoms with Gasteiger partial charge in [0.15, 0.2) is 0 Å². The maximum atomic E-state index is 13.4. The van der Waals surface area contributed by atoms with Gasteiger partial charge in [0.2, 0.25) is 15.9 Å². The van der Waals surface area contributed by atoms with Crippen molar-refractivity contribution in [2.24, 2.45) is 0 Å². The number of hydrogen-bond acceptors (Lipinski definition) is 4. The fourth-order valence-electron chi connectivity index (χ4n) is 2.98. The van der Waals surface area contributed by atoms with Gasteiger partial charge in [-0.25, -0.2) is 12.8 Å². The van der Waals surface area contributed by atoms with E-state index in [2.05, 4.69) is 10.0 Å². The number of hydrogen-bond donors (Lipinski definition) is 2. The third-order valence-corrected chi connectivity index (χ3v) is 6.31. The highest BCUT2D eigenvalue weighted by Gasteiger charge is 2.26. The Hall–Kier alpha value is -2.94. The highest BCUT2D eigenvalue weighted by Crippen LogP contribution is 2.21. The van der Waals surface area contributed by atoms with Gasteiger partial charge in [0, 0.05) is 5.69 Å². The lowest BCUT2D eigenvalue weighted by molar-refractivity contribution is -0.117. The van der Waals surface area contributed by atoms with E-state index in [9.17, 15) is 17.6 Å². The summed E-state index contributed by atoms with van der Waals surface area (Å²) in [6.07, 6.45) is 0.109. The lowest BCUT2D eigenvalue weighted by Crippen LogP contribution is -2.45. The maximum Gasteiger partial charge on any atom is 0.242 e. The van der Waals surface area contributed by atoms with E-state index in [1.807, 2.05) is 13.0 Å². The van der Waals surface area contributed by atoms with Gasteiger partial charge in [-0.15, -0.1) is 0 Å². The monoisotopic (exact) mass is 476 g/mol. The molecule has 6 nitrogen and oxygen atoms in total. The fraction of sp³-hybridized carbons (Fsp3) is 0.174. The molecule has 0 aromatic heterocycles. The lowest BCUT2D eigenvalue weighted by Gasteiger charge is -2.19. The van der Waals surface area contributed by atoms with Gasteiger partial charge in [-0.05, 0) is 61.4 Å². The Morgan fingerprint density at radius 3 is 2.38 bits per heavy atom. The smallest absolute Gasteiger partial charge is 0.242 e. The largest absolute Gasteiger partial charge is 0.494 e. The summed E-state index contributed by atoms with van der Waals surface area (Å²) in [6.45, 7) is 2.28. The molecule has 0 heterocycles. The first-order chi connectivity index (χ1) is 15.3. The molecule has 168 valence electrons. The molecule has 3 aromatic carbocycles. The predicted octanol–water partition coefficient (Wildman–Crippen LogP) is 4.41. The molecular weight excluding hydrogens is 455 g/mol. The third-order valence-electron chi connectivity index (χ3n) is 4.53. The van der Waals surface area contributed by atoms with Crippen LogP contribution in [-0.4, -0.2) is 27.0 Å². The van der Waals surface area contributed by atoms with Crippen LogP contribution in [-0.2, 0) is 21.2 Å². The van der Waals surface area contributed by atoms with Gasteiger partial charge in [0.1, 0.15) is 17.6 Å². The molecule has 0 radical (unpaired) electrons. The third kappa shape index (κ3) is 6.29. The summed E-state index contributed by atoms with van der Waals surface area (Å²) in [5.41, 5.74) is 1.01. The summed E-state index contributed by atoms with van der Waals surface area (Å²) in [6, 6.07) is 17.5. The normalized spacial score (nSPS) is 12.2. The molecule has 2 N–H and O–H groups in total. The number of carbonyl (C=O) groups excluding carboxylic acids is 1. The topological polar surface area (TPSA) is 84.5 Å². The highest BCUT2D eigenvalue weighted by molar-refractivity contribution is 7.89. The van der Waals surface area contributed by atoms with Crippen molar-refractivity contribution in [2.75, 3.05) is 11.9 Å². The Balaban J connectivity index is 1.84. The number of nitrogens with one attached hydrogen (secondary N) is 2. The van der Waals surface area contributed by atoms with Crippen LogP contribution in [0.25, 0.3) is 0 Å². The molecule has 3 aromatic rings. The molecule has 9 heteroatoms. The second kappa shape index (κ2) is 10.6. The minimum atomic E-state index is -4.02. The summed E-state index contributed by atoms with van der Waals surface area (Å²) in [7, 11) is -4.02. The molecule has 0 unspecified atom stereocenters. The predicted molar refractivity (Wildman–Crippen MR) is 122 cm³/mol. The van der Waals surface area contributed by atoms with Gasteiger partial charge in [0.25, 0.3) is 0 Å². The molecule has 0 saturated carbocycles. The molecule has 1 amide bonds. The van der Waals surface area contributed by atoms with Crippen LogP contribution in [0, 0.1) is 5.82 Å². The number of ether oxygens (including phenoxy) is 1. The first kappa shape index (κ1) is 23.7. The Morgan fingerprint density at radius 1 is 1.06 bits per heavy atom. The molecule has 32 heavy (non-hydrogen) atoms. The van der Waals surface area contributed by atoms with Crippen LogP contribution in [0.15, 0.2) is 77.7 Å². The van der Waals surface area contributed by atoms with Crippen LogP contribution in [0.2, 0.25) is 5.02 Å². The quantitative estimate of drug-likeness (QED) is 0.479. The number of sulfonamides is 1. The van der Waals surface area contributed by atoms with Gasteiger partial charge >= 0.3 is 0 Å². The van der Waals surface area contributed by atoms with Crippen molar-refractivity contribution in [1.29, 1.82) is 0 Å². The molecule has 0 fully saturated rings. The van der Waals surface area contributed by atoms with Crippen molar-refractivity contribution in [3.63, 3.8) is 0 Å². The number of amides is 1. The zero-order chi connectivity index (χ0) is 23.1. The molecule has 0 bridgehead atoms. The highest BCUT2D eigenvalue weighted by atomic mass is 35.5. The Morgan fingerprint density at radius 2 is 1.75 bits per heavy atom. The molecule has 0 saturated heterocycles. The van der Waals surface area contributed by atoms with Crippen LogP contribution >= 0.6 is 11.6 Å². The minimum Gasteiger partial charge on any atom is -0.494 e. The van der Waals surface area contributed by atoms with Crippen molar-refractivity contribution >= 4 is 33.2 Å². The zero-order valence-electron chi connectivity index (χ0n) is 17.2. The Kier molecular flexibility index (Phi) is 7.84. The van der Waals surface area contributed by atoms with E-state index in [0.717, 1.165) is 11.6 Å². The van der Waals surface area contributed by atoms with Crippen LogP contribution < -0.4 is 14.8 Å². The summed E-state index contributed by atoms with van der Waals surface area (Å²) in [4.78, 5) is 13.0. The van der Waals surface area contributed by atoms with Crippen LogP contribution in [0.5, 0.6) is 5.75 Å². The van der Waals surface area contributed by atoms with Crippen molar-refractivity contribution in [3.8, 4) is 5.75 Å². The molecule has 0 aliphatic heterocycles. The molecule has 0 spiro atoms. The van der Waals surface area contributed by atoms with Crippen LogP contribution in [0.4, 0.5) is 10.1 Å². The van der Waals surface area contributed by atoms with E-state index in [0.29, 0.717) is 12.4 Å². The van der Waals surface area contributed by atoms with E-state index in [1.165, 1.54) is 24.3 Å². The fourth-order valence-corrected chi connectivity index (χ4v) is 4.35. The van der Waals surface area contributed by atoms with E-state index in [1.54, 1.807) is 36.4 Å². The number of anilines is 1. The Labute approximate surface area is 191 Å².